The number of carboxylic acids is 1. The molecule has 0 aliphatic rings. The molecule has 0 bridgehead atoms. The van der Waals surface area contributed by atoms with Gasteiger partial charge in [0.05, 0.1) is 25.3 Å². The molecule has 0 spiro atoms. The first-order valence-corrected chi connectivity index (χ1v) is 11.8. The minimum atomic E-state index is -2.32. The van der Waals surface area contributed by atoms with Crippen LogP contribution in [0, 0.1) is 0 Å². The van der Waals surface area contributed by atoms with Gasteiger partial charge in [0.1, 0.15) is 11.5 Å². The Hall–Kier alpha value is -5.10. The molecule has 0 saturated carbocycles. The molecule has 3 N–H and O–H groups in total. The highest BCUT2D eigenvalue weighted by Crippen LogP contribution is 2.18. The van der Waals surface area contributed by atoms with Gasteiger partial charge in [-0.3, -0.25) is 20.4 Å². The minimum Gasteiger partial charge on any atom is -0.497 e. The number of esters is 2. The summed E-state index contributed by atoms with van der Waals surface area (Å²) < 4.78 is 20.4. The Morgan fingerprint density at radius 3 is 1.68 bits per heavy atom. The molecule has 13 heteroatoms. The van der Waals surface area contributed by atoms with E-state index in [0.717, 1.165) is 0 Å². The van der Waals surface area contributed by atoms with Crippen molar-refractivity contribution in [2.75, 3.05) is 14.2 Å². The number of nitrogens with one attached hydrogen (secondary N) is 2. The molecule has 0 aliphatic heterocycles. The number of aliphatic carboxylic acids is 1. The van der Waals surface area contributed by atoms with Gasteiger partial charge in [-0.25, -0.2) is 14.4 Å². The molecule has 2 atom stereocenters. The highest BCUT2D eigenvalue weighted by molar-refractivity contribution is 6.30. The zero-order valence-corrected chi connectivity index (χ0v) is 21.8. The molecule has 0 aromatic heterocycles. The third-order valence-corrected chi connectivity index (χ3v) is 5.51. The van der Waals surface area contributed by atoms with E-state index in [1.165, 1.54) is 74.9 Å². The molecule has 3 aromatic carbocycles. The number of amides is 2. The first-order chi connectivity index (χ1) is 19.1. The Morgan fingerprint density at radius 1 is 0.700 bits per heavy atom. The van der Waals surface area contributed by atoms with Gasteiger partial charge in [0.25, 0.3) is 11.8 Å². The average molecular weight is 571 g/mol. The lowest BCUT2D eigenvalue weighted by Crippen LogP contribution is -2.54. The smallest absolute Gasteiger partial charge is 0.349 e. The fourth-order valence-electron chi connectivity index (χ4n) is 3.22. The van der Waals surface area contributed by atoms with Crippen LogP contribution in [0.2, 0.25) is 5.02 Å². The van der Waals surface area contributed by atoms with E-state index in [9.17, 15) is 29.1 Å². The van der Waals surface area contributed by atoms with Crippen LogP contribution in [0.25, 0.3) is 0 Å². The molecule has 0 fully saturated rings. The molecule has 12 nitrogen and oxygen atoms in total. The van der Waals surface area contributed by atoms with E-state index in [1.807, 2.05) is 5.43 Å². The SMILES string of the molecule is COc1cccc(C(=O)O[C@H](C(=O)O)[C@H](OC(=O)c2cccc(OC)c2)C(=O)NNC(=O)c2ccc(Cl)cc2)c1. The van der Waals surface area contributed by atoms with Gasteiger partial charge in [-0.05, 0) is 60.7 Å². The first kappa shape index (κ1) is 29.5. The Bertz CT molecular complexity index is 1410. The standard InChI is InChI=1S/C27H23ClN2O10/c1-37-19-7-3-5-16(13-19)26(35)39-21(24(32)30-29-23(31)15-9-11-18(28)12-10-15)22(25(33)34)40-27(36)17-6-4-8-20(14-17)38-2/h3-14,21-22H,1-2H3,(H,29,31)(H,30,32)(H,33,34)/t21-,22-/m0/s1. The van der Waals surface area contributed by atoms with Crippen molar-refractivity contribution in [1.82, 2.24) is 10.9 Å². The first-order valence-electron chi connectivity index (χ1n) is 11.4. The van der Waals surface area contributed by atoms with Crippen LogP contribution in [0.3, 0.4) is 0 Å². The number of carboxylic acid groups (broad SMARTS) is 1. The number of hydrogen-bond acceptors (Lipinski definition) is 9. The van der Waals surface area contributed by atoms with E-state index in [1.54, 1.807) is 12.1 Å². The predicted molar refractivity (Wildman–Crippen MR) is 139 cm³/mol. The minimum absolute atomic E-state index is 0.0920. The Morgan fingerprint density at radius 2 is 1.20 bits per heavy atom. The van der Waals surface area contributed by atoms with Crippen molar-refractivity contribution in [3.8, 4) is 11.5 Å². The average Bonchev–Trinajstić information content (AvgIpc) is 2.97. The summed E-state index contributed by atoms with van der Waals surface area (Å²) >= 11 is 5.81. The van der Waals surface area contributed by atoms with Crippen molar-refractivity contribution in [2.24, 2.45) is 0 Å². The van der Waals surface area contributed by atoms with Gasteiger partial charge in [-0.15, -0.1) is 0 Å². The molecular formula is C27H23ClN2O10. The van der Waals surface area contributed by atoms with Crippen LogP contribution in [0.15, 0.2) is 72.8 Å². The lowest BCUT2D eigenvalue weighted by molar-refractivity contribution is -0.159. The molecule has 0 heterocycles. The summed E-state index contributed by atoms with van der Waals surface area (Å²) in [5, 5.41) is 10.2. The van der Waals surface area contributed by atoms with Gasteiger partial charge >= 0.3 is 17.9 Å². The molecule has 3 rings (SSSR count). The number of methoxy groups -OCH3 is 2. The van der Waals surface area contributed by atoms with Crippen molar-refractivity contribution < 1.29 is 48.0 Å². The summed E-state index contributed by atoms with van der Waals surface area (Å²) in [4.78, 5) is 63.3. The Kier molecular flexibility index (Phi) is 10.0. The number of carbonyl (C=O) groups is 5. The highest BCUT2D eigenvalue weighted by Gasteiger charge is 2.41. The van der Waals surface area contributed by atoms with Crippen molar-refractivity contribution in [3.05, 3.63) is 94.5 Å². The Labute approximate surface area is 232 Å². The number of halogens is 1. The lowest BCUT2D eigenvalue weighted by Gasteiger charge is -2.23. The summed E-state index contributed by atoms with van der Waals surface area (Å²) in [5.41, 5.74) is 3.99. The monoisotopic (exact) mass is 570 g/mol. The van der Waals surface area contributed by atoms with Gasteiger partial charge in [0, 0.05) is 10.6 Å². The maximum Gasteiger partial charge on any atom is 0.349 e. The summed E-state index contributed by atoms with van der Waals surface area (Å²) in [7, 11) is 2.73. The Balaban J connectivity index is 1.87. The zero-order valence-electron chi connectivity index (χ0n) is 21.1. The summed E-state index contributed by atoms with van der Waals surface area (Å²) in [6.07, 6.45) is -4.56. The van der Waals surface area contributed by atoms with E-state index in [0.29, 0.717) is 5.02 Å². The predicted octanol–water partition coefficient (Wildman–Crippen LogP) is 2.65. The largest absolute Gasteiger partial charge is 0.497 e. The lowest BCUT2D eigenvalue weighted by atomic mass is 10.1. The summed E-state index contributed by atoms with van der Waals surface area (Å²) in [6.45, 7) is 0. The molecule has 3 aromatic rings. The molecule has 0 unspecified atom stereocenters. The topological polar surface area (TPSA) is 167 Å². The summed E-state index contributed by atoms with van der Waals surface area (Å²) in [5.74, 6) is -5.61. The number of hydrogen-bond donors (Lipinski definition) is 3. The van der Waals surface area contributed by atoms with E-state index >= 15 is 0 Å². The second-order valence-electron chi connectivity index (χ2n) is 7.90. The van der Waals surface area contributed by atoms with Gasteiger partial charge in [0.15, 0.2) is 0 Å². The van der Waals surface area contributed by atoms with Gasteiger partial charge in [-0.2, -0.15) is 0 Å². The molecule has 0 saturated heterocycles. The second-order valence-corrected chi connectivity index (χ2v) is 8.34. The van der Waals surface area contributed by atoms with Gasteiger partial charge < -0.3 is 24.1 Å². The number of benzene rings is 3. The van der Waals surface area contributed by atoms with Crippen LogP contribution in [-0.4, -0.2) is 61.3 Å². The summed E-state index contributed by atoms with van der Waals surface area (Å²) in [6, 6.07) is 16.9. The number of carbonyl (C=O) groups excluding carboxylic acids is 4. The molecule has 0 radical (unpaired) electrons. The maximum atomic E-state index is 13.1. The van der Waals surface area contributed by atoms with Crippen molar-refractivity contribution >= 4 is 41.3 Å². The number of rotatable bonds is 10. The maximum absolute atomic E-state index is 13.1. The van der Waals surface area contributed by atoms with E-state index in [-0.39, 0.29) is 28.2 Å². The molecule has 2 amide bonds. The van der Waals surface area contributed by atoms with Gasteiger partial charge in [-0.1, -0.05) is 23.7 Å². The fraction of sp³-hybridized carbons (Fsp3) is 0.148. The molecular weight excluding hydrogens is 548 g/mol. The number of ether oxygens (including phenoxy) is 4. The van der Waals surface area contributed by atoms with Crippen LogP contribution >= 0.6 is 11.6 Å². The third kappa shape index (κ3) is 7.71. The van der Waals surface area contributed by atoms with E-state index < -0.39 is 41.9 Å². The number of hydrazine groups is 1. The van der Waals surface area contributed by atoms with Gasteiger partial charge in [0.2, 0.25) is 12.2 Å². The molecule has 40 heavy (non-hydrogen) atoms. The molecule has 0 aliphatic carbocycles. The van der Waals surface area contributed by atoms with Crippen LogP contribution in [0.1, 0.15) is 31.1 Å². The van der Waals surface area contributed by atoms with Crippen molar-refractivity contribution in [1.29, 1.82) is 0 Å². The third-order valence-electron chi connectivity index (χ3n) is 5.26. The van der Waals surface area contributed by atoms with E-state index in [4.69, 9.17) is 30.5 Å². The van der Waals surface area contributed by atoms with Crippen LogP contribution in [0.4, 0.5) is 0 Å². The van der Waals surface area contributed by atoms with Crippen LogP contribution < -0.4 is 20.3 Å². The van der Waals surface area contributed by atoms with E-state index in [2.05, 4.69) is 5.43 Å². The fourth-order valence-corrected chi connectivity index (χ4v) is 3.35. The molecule has 208 valence electrons. The van der Waals surface area contributed by atoms with Crippen molar-refractivity contribution in [2.45, 2.75) is 12.2 Å². The highest BCUT2D eigenvalue weighted by atomic mass is 35.5. The van der Waals surface area contributed by atoms with Crippen LogP contribution in [-0.2, 0) is 19.1 Å². The normalized spacial score (nSPS) is 11.8. The van der Waals surface area contributed by atoms with Crippen molar-refractivity contribution in [3.63, 3.8) is 0 Å². The second kappa shape index (κ2) is 13.6. The van der Waals surface area contributed by atoms with Crippen LogP contribution in [0.5, 0.6) is 11.5 Å². The quantitative estimate of drug-likeness (QED) is 0.243. The zero-order chi connectivity index (χ0) is 29.2.